The van der Waals surface area contributed by atoms with Gasteiger partial charge >= 0.3 is 0 Å². The Labute approximate surface area is 84.7 Å². The normalized spacial score (nSPS) is 11.4. The fourth-order valence-corrected chi connectivity index (χ4v) is 1.99. The van der Waals surface area contributed by atoms with Crippen LogP contribution in [0.15, 0.2) is 17.0 Å². The van der Waals surface area contributed by atoms with Crippen LogP contribution in [0.3, 0.4) is 0 Å². The lowest BCUT2D eigenvalue weighted by Crippen LogP contribution is -2.16. The predicted molar refractivity (Wildman–Crippen MR) is 49.2 cm³/mol. The van der Waals surface area contributed by atoms with Gasteiger partial charge in [0, 0.05) is 5.56 Å². The molecular weight excluding hydrogens is 227 g/mol. The van der Waals surface area contributed by atoms with Crippen LogP contribution in [0.5, 0.6) is 0 Å². The third-order valence-electron chi connectivity index (χ3n) is 1.75. The minimum absolute atomic E-state index is 0.0328. The molecule has 0 aliphatic carbocycles. The largest absolute Gasteiger partial charge is 0.295 e. The predicted octanol–water partition coefficient (Wildman–Crippen LogP) is 0.690. The van der Waals surface area contributed by atoms with E-state index >= 15 is 0 Å². The van der Waals surface area contributed by atoms with Gasteiger partial charge in [0.1, 0.15) is 5.82 Å². The molecule has 0 aliphatic rings. The van der Waals surface area contributed by atoms with E-state index in [4.69, 9.17) is 5.14 Å². The van der Waals surface area contributed by atoms with Crippen molar-refractivity contribution >= 4 is 15.7 Å². The summed E-state index contributed by atoms with van der Waals surface area (Å²) in [4.78, 5) is 8.51. The Bertz CT molecular complexity index is 526. The summed E-state index contributed by atoms with van der Waals surface area (Å²) in [6.45, 7) is 1.30. The first-order valence-electron chi connectivity index (χ1n) is 3.71. The average Bonchev–Trinajstić information content (AvgIpc) is 2.05. The van der Waals surface area contributed by atoms with E-state index in [-0.39, 0.29) is 5.56 Å². The van der Waals surface area contributed by atoms with Crippen molar-refractivity contribution in [3.63, 3.8) is 0 Å². The van der Waals surface area contributed by atoms with Crippen LogP contribution in [0.2, 0.25) is 0 Å². The van der Waals surface area contributed by atoms with Gasteiger partial charge in [0.15, 0.2) is 4.90 Å². The van der Waals surface area contributed by atoms with Crippen LogP contribution in [0.25, 0.3) is 0 Å². The molecule has 6 nitrogen and oxygen atoms in total. The molecule has 0 saturated heterocycles. The van der Waals surface area contributed by atoms with Crippen LogP contribution < -0.4 is 5.14 Å². The first-order valence-corrected chi connectivity index (χ1v) is 5.26. The molecule has 0 aliphatic heterocycles. The highest BCUT2D eigenvalue weighted by Gasteiger charge is 2.29. The lowest BCUT2D eigenvalue weighted by atomic mass is 10.2. The van der Waals surface area contributed by atoms with Crippen molar-refractivity contribution < 1.29 is 17.7 Å². The third kappa shape index (κ3) is 2.10. The maximum absolute atomic E-state index is 13.1. The molecule has 1 rings (SSSR count). The minimum atomic E-state index is -4.45. The molecule has 1 aromatic carbocycles. The Morgan fingerprint density at radius 3 is 2.33 bits per heavy atom. The van der Waals surface area contributed by atoms with Gasteiger partial charge in [-0.25, -0.2) is 17.9 Å². The Morgan fingerprint density at radius 1 is 1.47 bits per heavy atom. The number of nitrogens with zero attached hydrogens (tertiary/aromatic N) is 1. The first kappa shape index (κ1) is 11.5. The second-order valence-electron chi connectivity index (χ2n) is 2.84. The number of primary sulfonamides is 1. The smallest absolute Gasteiger partial charge is 0.258 e. The number of nitro groups is 1. The minimum Gasteiger partial charge on any atom is -0.258 e. The number of nitrogens with two attached hydrogens (primary N) is 1. The zero-order valence-electron chi connectivity index (χ0n) is 7.60. The van der Waals surface area contributed by atoms with Crippen molar-refractivity contribution in [3.8, 4) is 0 Å². The summed E-state index contributed by atoms with van der Waals surface area (Å²) in [6, 6.07) is 1.93. The van der Waals surface area contributed by atoms with Crippen LogP contribution in [-0.2, 0) is 10.0 Å². The highest BCUT2D eigenvalue weighted by molar-refractivity contribution is 7.89. The number of halogens is 1. The molecule has 8 heteroatoms. The van der Waals surface area contributed by atoms with Crippen LogP contribution in [0.4, 0.5) is 10.1 Å². The topological polar surface area (TPSA) is 103 Å². The first-order chi connectivity index (χ1) is 6.75. The molecule has 0 heterocycles. The van der Waals surface area contributed by atoms with Crippen molar-refractivity contribution in [2.24, 2.45) is 5.14 Å². The number of rotatable bonds is 2. The average molecular weight is 234 g/mol. The molecule has 2 N–H and O–H groups in total. The van der Waals surface area contributed by atoms with Crippen LogP contribution >= 0.6 is 0 Å². The van der Waals surface area contributed by atoms with Gasteiger partial charge in [0.05, 0.1) is 4.92 Å². The molecule has 0 saturated carbocycles. The molecule has 0 atom stereocenters. The van der Waals surface area contributed by atoms with Gasteiger partial charge in [-0.15, -0.1) is 0 Å². The summed E-state index contributed by atoms with van der Waals surface area (Å²) in [6.07, 6.45) is 0. The lowest BCUT2D eigenvalue weighted by molar-refractivity contribution is -0.388. The summed E-state index contributed by atoms with van der Waals surface area (Å²) in [5, 5.41) is 15.3. The van der Waals surface area contributed by atoms with E-state index < -0.39 is 31.3 Å². The molecule has 0 amide bonds. The molecule has 82 valence electrons. The van der Waals surface area contributed by atoms with Gasteiger partial charge in [-0.1, -0.05) is 0 Å². The Balaban J connectivity index is 3.76. The number of sulfonamides is 1. The van der Waals surface area contributed by atoms with Crippen molar-refractivity contribution in [2.75, 3.05) is 0 Å². The maximum Gasteiger partial charge on any atom is 0.295 e. The van der Waals surface area contributed by atoms with Crippen LogP contribution in [0.1, 0.15) is 5.56 Å². The summed E-state index contributed by atoms with van der Waals surface area (Å²) in [5.74, 6) is -1.23. The molecule has 0 bridgehead atoms. The van der Waals surface area contributed by atoms with E-state index in [2.05, 4.69) is 0 Å². The quantitative estimate of drug-likeness (QED) is 0.600. The fourth-order valence-electron chi connectivity index (χ4n) is 1.14. The maximum atomic E-state index is 13.1. The summed E-state index contributed by atoms with van der Waals surface area (Å²) < 4.78 is 35.1. The van der Waals surface area contributed by atoms with E-state index in [0.29, 0.717) is 0 Å². The van der Waals surface area contributed by atoms with E-state index in [0.717, 1.165) is 12.1 Å². The SMILES string of the molecule is Cc1ccc(F)c(S(N)(=O)=O)c1[N+](=O)[O-]. The number of benzene rings is 1. The standard InChI is InChI=1S/C7H7FN2O4S/c1-4-2-3-5(8)7(15(9,13)14)6(4)10(11)12/h2-3H,1H3,(H2,9,13,14). The van der Waals surface area contributed by atoms with Gasteiger partial charge in [-0.3, -0.25) is 10.1 Å². The van der Waals surface area contributed by atoms with Crippen LogP contribution in [0, 0.1) is 22.9 Å². The fraction of sp³-hybridized carbons (Fsp3) is 0.143. The monoisotopic (exact) mass is 234 g/mol. The molecule has 0 spiro atoms. The highest BCUT2D eigenvalue weighted by Crippen LogP contribution is 2.28. The zero-order chi connectivity index (χ0) is 11.8. The summed E-state index contributed by atoms with van der Waals surface area (Å²) in [5.41, 5.74) is -0.789. The number of nitro benzene ring substituents is 1. The molecule has 0 radical (unpaired) electrons. The number of hydrogen-bond acceptors (Lipinski definition) is 4. The summed E-state index contributed by atoms with van der Waals surface area (Å²) in [7, 11) is -4.45. The Morgan fingerprint density at radius 2 is 2.00 bits per heavy atom. The highest BCUT2D eigenvalue weighted by atomic mass is 32.2. The second-order valence-corrected chi connectivity index (χ2v) is 4.34. The Kier molecular flexibility index (Phi) is 2.73. The van der Waals surface area contributed by atoms with Crippen molar-refractivity contribution in [1.82, 2.24) is 0 Å². The van der Waals surface area contributed by atoms with Gasteiger partial charge < -0.3 is 0 Å². The van der Waals surface area contributed by atoms with E-state index in [1.165, 1.54) is 6.92 Å². The lowest BCUT2D eigenvalue weighted by Gasteiger charge is -2.03. The zero-order valence-corrected chi connectivity index (χ0v) is 8.41. The van der Waals surface area contributed by atoms with E-state index in [1.807, 2.05) is 0 Å². The summed E-state index contributed by atoms with van der Waals surface area (Å²) >= 11 is 0. The third-order valence-corrected chi connectivity index (χ3v) is 2.71. The molecule has 0 aromatic heterocycles. The second kappa shape index (κ2) is 3.55. The van der Waals surface area contributed by atoms with Gasteiger partial charge in [0.25, 0.3) is 5.69 Å². The molecular formula is C7H7FN2O4S. The van der Waals surface area contributed by atoms with Crippen molar-refractivity contribution in [2.45, 2.75) is 11.8 Å². The molecule has 15 heavy (non-hydrogen) atoms. The molecule has 0 unspecified atom stereocenters. The molecule has 0 fully saturated rings. The van der Waals surface area contributed by atoms with Crippen LogP contribution in [-0.4, -0.2) is 13.3 Å². The molecule has 1 aromatic rings. The number of hydrogen-bond donors (Lipinski definition) is 1. The van der Waals surface area contributed by atoms with Gasteiger partial charge in [-0.2, -0.15) is 0 Å². The number of aryl methyl sites for hydroxylation is 1. The Hall–Kier alpha value is -1.54. The van der Waals surface area contributed by atoms with Crippen molar-refractivity contribution in [3.05, 3.63) is 33.6 Å². The van der Waals surface area contributed by atoms with Gasteiger partial charge in [0.2, 0.25) is 10.0 Å². The van der Waals surface area contributed by atoms with E-state index in [9.17, 15) is 22.9 Å². The van der Waals surface area contributed by atoms with E-state index in [1.54, 1.807) is 0 Å². The van der Waals surface area contributed by atoms with Crippen molar-refractivity contribution in [1.29, 1.82) is 0 Å². The van der Waals surface area contributed by atoms with Gasteiger partial charge in [-0.05, 0) is 19.1 Å².